The summed E-state index contributed by atoms with van der Waals surface area (Å²) in [4.78, 5) is 12.0. The summed E-state index contributed by atoms with van der Waals surface area (Å²) in [6.07, 6.45) is -8.64. The van der Waals surface area contributed by atoms with Crippen molar-refractivity contribution in [3.8, 4) is 33.9 Å². The largest absolute Gasteiger partial charge is 0.433 e. The van der Waals surface area contributed by atoms with Crippen LogP contribution in [-0.2, 0) is 22.4 Å². The minimum atomic E-state index is -4.87. The maximum atomic E-state index is 13.7. The summed E-state index contributed by atoms with van der Waals surface area (Å²) in [5, 5.41) is 9.74. The van der Waals surface area contributed by atoms with Crippen LogP contribution in [0.1, 0.15) is 17.7 Å². The van der Waals surface area contributed by atoms with Gasteiger partial charge in [-0.05, 0) is 48.9 Å². The first-order valence-corrected chi connectivity index (χ1v) is 13.5. The summed E-state index contributed by atoms with van der Waals surface area (Å²) in [7, 11) is -3.91. The minimum absolute atomic E-state index is 0.0198. The van der Waals surface area contributed by atoms with Gasteiger partial charge in [-0.2, -0.15) is 30.6 Å². The third kappa shape index (κ3) is 6.09. The first-order valence-electron chi connectivity index (χ1n) is 12.1. The molecule has 0 aliphatic carbocycles. The number of β-amino-alcohol motifs (C(OH)–C–C–N with tert-alkyl or cyclic N) is 1. The van der Waals surface area contributed by atoms with E-state index in [1.165, 1.54) is 40.8 Å². The van der Waals surface area contributed by atoms with Gasteiger partial charge in [-0.15, -0.1) is 0 Å². The fourth-order valence-electron chi connectivity index (χ4n) is 4.32. The van der Waals surface area contributed by atoms with Crippen LogP contribution in [-0.4, -0.2) is 52.0 Å². The lowest BCUT2D eigenvalue weighted by Gasteiger charge is -2.16. The van der Waals surface area contributed by atoms with Crippen molar-refractivity contribution in [2.75, 3.05) is 13.1 Å². The van der Waals surface area contributed by atoms with Gasteiger partial charge in [0.05, 0.1) is 28.0 Å². The highest BCUT2D eigenvalue weighted by Crippen LogP contribution is 2.35. The number of halogens is 6. The molecule has 1 N–H and O–H groups in total. The molecule has 1 atom stereocenters. The predicted molar refractivity (Wildman–Crippen MR) is 136 cm³/mol. The Labute approximate surface area is 230 Å². The molecular formula is C27H20F6N4O3S. The second-order valence-electron chi connectivity index (χ2n) is 9.30. The zero-order valence-electron chi connectivity index (χ0n) is 20.9. The van der Waals surface area contributed by atoms with E-state index in [1.54, 1.807) is 6.07 Å². The molecule has 7 nitrogen and oxygen atoms in total. The smallest absolute Gasteiger partial charge is 0.392 e. The van der Waals surface area contributed by atoms with E-state index in [0.29, 0.717) is 18.1 Å². The normalized spacial score (nSPS) is 16.7. The highest BCUT2D eigenvalue weighted by molar-refractivity contribution is 7.89. The summed E-state index contributed by atoms with van der Waals surface area (Å²) >= 11 is 0. The lowest BCUT2D eigenvalue weighted by Crippen LogP contribution is -2.29. The van der Waals surface area contributed by atoms with E-state index in [1.807, 2.05) is 0 Å². The second-order valence-corrected chi connectivity index (χ2v) is 11.2. The summed E-state index contributed by atoms with van der Waals surface area (Å²) in [5.74, 6) is -0.354. The minimum Gasteiger partial charge on any atom is -0.392 e. The number of pyridine rings is 1. The standard InChI is InChI=1S/C27H20F6N4O3S/c28-26(29,30)19-6-4-16(5-7-19)23-14-24(27(31,32)33)36-25(35-23)18-8-10-34-22(13-18)17-2-1-3-21(12-17)41(39,40)37-11-9-20(38)15-37/h1-8,10,12-14,20,38H,9,11,15H2. The van der Waals surface area contributed by atoms with Crippen molar-refractivity contribution in [1.29, 1.82) is 0 Å². The quantitative estimate of drug-likeness (QED) is 0.300. The Morgan fingerprint density at radius 3 is 2.17 bits per heavy atom. The van der Waals surface area contributed by atoms with Crippen molar-refractivity contribution < 1.29 is 39.9 Å². The van der Waals surface area contributed by atoms with E-state index < -0.39 is 39.7 Å². The molecular weight excluding hydrogens is 574 g/mol. The molecule has 1 fully saturated rings. The van der Waals surface area contributed by atoms with Crippen LogP contribution in [0.15, 0.2) is 77.8 Å². The van der Waals surface area contributed by atoms with Gasteiger partial charge in [-0.3, -0.25) is 4.98 Å². The zero-order valence-corrected chi connectivity index (χ0v) is 21.7. The summed E-state index contributed by atoms with van der Waals surface area (Å²) in [6.45, 7) is 0.129. The van der Waals surface area contributed by atoms with Crippen molar-refractivity contribution in [2.24, 2.45) is 0 Å². The molecule has 2 aromatic carbocycles. The molecule has 1 aliphatic rings. The van der Waals surface area contributed by atoms with Gasteiger partial charge in [0, 0.05) is 36.0 Å². The van der Waals surface area contributed by atoms with Crippen molar-refractivity contribution in [1.82, 2.24) is 19.3 Å². The van der Waals surface area contributed by atoms with Gasteiger partial charge in [0.2, 0.25) is 10.0 Å². The first kappa shape index (κ1) is 28.6. The maximum absolute atomic E-state index is 13.7. The molecule has 0 saturated carbocycles. The highest BCUT2D eigenvalue weighted by Gasteiger charge is 2.35. The summed E-state index contributed by atoms with van der Waals surface area (Å²) in [5.41, 5.74) is -1.79. The average molecular weight is 595 g/mol. The number of sulfonamides is 1. The lowest BCUT2D eigenvalue weighted by atomic mass is 10.1. The number of aliphatic hydroxyl groups excluding tert-OH is 1. The summed E-state index contributed by atoms with van der Waals surface area (Å²) < 4.78 is 107. The van der Waals surface area contributed by atoms with Crippen LogP contribution < -0.4 is 0 Å². The Morgan fingerprint density at radius 2 is 1.54 bits per heavy atom. The van der Waals surface area contributed by atoms with Gasteiger partial charge in [0.1, 0.15) is 5.69 Å². The molecule has 3 heterocycles. The van der Waals surface area contributed by atoms with Gasteiger partial charge >= 0.3 is 12.4 Å². The Kier molecular flexibility index (Phi) is 7.34. The molecule has 1 saturated heterocycles. The van der Waals surface area contributed by atoms with Crippen LogP contribution >= 0.6 is 0 Å². The Morgan fingerprint density at radius 1 is 0.805 bits per heavy atom. The first-order chi connectivity index (χ1) is 19.2. The molecule has 214 valence electrons. The molecule has 14 heteroatoms. The number of rotatable bonds is 5. The number of hydrogen-bond donors (Lipinski definition) is 1. The number of hydrogen-bond acceptors (Lipinski definition) is 6. The molecule has 5 rings (SSSR count). The lowest BCUT2D eigenvalue weighted by molar-refractivity contribution is -0.141. The molecule has 1 aliphatic heterocycles. The van der Waals surface area contributed by atoms with Crippen molar-refractivity contribution in [3.63, 3.8) is 0 Å². The van der Waals surface area contributed by atoms with Crippen LogP contribution in [0.4, 0.5) is 26.3 Å². The molecule has 2 aromatic heterocycles. The van der Waals surface area contributed by atoms with E-state index in [9.17, 15) is 39.9 Å². The fourth-order valence-corrected chi connectivity index (χ4v) is 5.86. The van der Waals surface area contributed by atoms with Gasteiger partial charge < -0.3 is 5.11 Å². The van der Waals surface area contributed by atoms with Gasteiger partial charge in [-0.25, -0.2) is 18.4 Å². The Bertz CT molecular complexity index is 1690. The topological polar surface area (TPSA) is 96.3 Å². The zero-order chi connectivity index (χ0) is 29.6. The van der Waals surface area contributed by atoms with Crippen LogP contribution in [0.3, 0.4) is 0 Å². The van der Waals surface area contributed by atoms with Gasteiger partial charge in [0.15, 0.2) is 5.82 Å². The molecule has 0 radical (unpaired) electrons. The van der Waals surface area contributed by atoms with E-state index in [0.717, 1.165) is 24.3 Å². The maximum Gasteiger partial charge on any atom is 0.433 e. The van der Waals surface area contributed by atoms with E-state index >= 15 is 0 Å². The molecule has 0 bridgehead atoms. The van der Waals surface area contributed by atoms with Crippen LogP contribution in [0, 0.1) is 0 Å². The van der Waals surface area contributed by atoms with Crippen molar-refractivity contribution in [3.05, 3.63) is 84.2 Å². The highest BCUT2D eigenvalue weighted by atomic mass is 32.2. The molecule has 1 unspecified atom stereocenters. The summed E-state index contributed by atoms with van der Waals surface area (Å²) in [6, 6.07) is 12.8. The monoisotopic (exact) mass is 594 g/mol. The molecule has 0 amide bonds. The Balaban J connectivity index is 1.54. The van der Waals surface area contributed by atoms with Crippen molar-refractivity contribution >= 4 is 10.0 Å². The third-order valence-electron chi connectivity index (χ3n) is 6.44. The van der Waals surface area contributed by atoms with Crippen molar-refractivity contribution in [2.45, 2.75) is 29.8 Å². The third-order valence-corrected chi connectivity index (χ3v) is 8.30. The molecule has 41 heavy (non-hydrogen) atoms. The number of alkyl halides is 6. The number of benzene rings is 2. The van der Waals surface area contributed by atoms with Crippen LogP contribution in [0.25, 0.3) is 33.9 Å². The van der Waals surface area contributed by atoms with Gasteiger partial charge in [0.25, 0.3) is 0 Å². The molecule has 4 aromatic rings. The van der Waals surface area contributed by atoms with Gasteiger partial charge in [-0.1, -0.05) is 24.3 Å². The number of aromatic nitrogens is 3. The van der Waals surface area contributed by atoms with Crippen LogP contribution in [0.2, 0.25) is 0 Å². The predicted octanol–water partition coefficient (Wildman–Crippen LogP) is 5.67. The fraction of sp³-hybridized carbons (Fsp3) is 0.222. The Hall–Kier alpha value is -3.88. The van der Waals surface area contributed by atoms with Crippen LogP contribution in [0.5, 0.6) is 0 Å². The van der Waals surface area contributed by atoms with E-state index in [-0.39, 0.29) is 46.3 Å². The number of aliphatic hydroxyl groups is 1. The van der Waals surface area contributed by atoms with E-state index in [2.05, 4.69) is 15.0 Å². The number of nitrogens with zero attached hydrogens (tertiary/aromatic N) is 4. The average Bonchev–Trinajstić information content (AvgIpc) is 3.39. The van der Waals surface area contributed by atoms with E-state index in [4.69, 9.17) is 0 Å². The SMILES string of the molecule is O=S(=O)(c1cccc(-c2cc(-c3nc(-c4ccc(C(F)(F)F)cc4)cc(C(F)(F)F)n3)ccn2)c1)N1CCC(O)C1. The second kappa shape index (κ2) is 10.5. The molecule has 0 spiro atoms.